The van der Waals surface area contributed by atoms with Crippen molar-refractivity contribution in [1.82, 2.24) is 0 Å². The topological polar surface area (TPSA) is 152 Å². The van der Waals surface area contributed by atoms with E-state index in [1.807, 2.05) is 25.3 Å². The van der Waals surface area contributed by atoms with Crippen LogP contribution < -0.4 is 0 Å². The van der Waals surface area contributed by atoms with Crippen LogP contribution in [0.4, 0.5) is 5.69 Å². The molecule has 1 aliphatic heterocycles. The first-order valence-corrected chi connectivity index (χ1v) is 12.9. The number of hydrogen-bond acceptors (Lipinski definition) is 6. The van der Waals surface area contributed by atoms with Crippen LogP contribution in [0.1, 0.15) is 52.0 Å². The molecule has 2 N–H and O–H groups in total. The van der Waals surface area contributed by atoms with Crippen LogP contribution in [0.2, 0.25) is 0 Å². The van der Waals surface area contributed by atoms with Crippen molar-refractivity contribution in [1.29, 1.82) is 0 Å². The van der Waals surface area contributed by atoms with Gasteiger partial charge < -0.3 is 9.66 Å². The summed E-state index contributed by atoms with van der Waals surface area (Å²) in [6.07, 6.45) is 2.09. The van der Waals surface area contributed by atoms with Crippen LogP contribution in [0.5, 0.6) is 0 Å². The average Bonchev–Trinajstić information content (AvgIpc) is 2.85. The summed E-state index contributed by atoms with van der Waals surface area (Å²) in [5.41, 5.74) is 1.74. The Balaban J connectivity index is 0.00000385. The molecule has 0 radical (unpaired) electrons. The number of aliphatic carboxylic acids is 1. The molecule has 0 saturated heterocycles. The summed E-state index contributed by atoms with van der Waals surface area (Å²) < 4.78 is 70.8. The highest BCUT2D eigenvalue weighted by Gasteiger charge is 2.44. The molecule has 0 bridgehead atoms. The van der Waals surface area contributed by atoms with Gasteiger partial charge in [0, 0.05) is 36.8 Å². The second kappa shape index (κ2) is 9.41. The van der Waals surface area contributed by atoms with Crippen LogP contribution in [0.25, 0.3) is 10.8 Å². The van der Waals surface area contributed by atoms with Crippen molar-refractivity contribution in [2.45, 2.75) is 61.7 Å². The van der Waals surface area contributed by atoms with Crippen molar-refractivity contribution in [2.75, 3.05) is 6.54 Å². The maximum absolute atomic E-state index is 11.9. The van der Waals surface area contributed by atoms with Crippen molar-refractivity contribution in [2.24, 2.45) is 0 Å². The molecule has 0 fully saturated rings. The molecular weight excluding hydrogens is 538 g/mol. The fraction of sp³-hybridized carbons (Fsp3) is 0.429. The summed E-state index contributed by atoms with van der Waals surface area (Å²) in [6.45, 7) is 6.34. The van der Waals surface area contributed by atoms with E-state index in [2.05, 4.69) is 0 Å². The monoisotopic (exact) mass is 563 g/mol. The first kappa shape index (κ1) is 27.4. The van der Waals surface area contributed by atoms with E-state index in [4.69, 9.17) is 5.11 Å². The van der Waals surface area contributed by atoms with Crippen LogP contribution in [0.3, 0.4) is 0 Å². The lowest BCUT2D eigenvalue weighted by Gasteiger charge is -2.19. The van der Waals surface area contributed by atoms with Gasteiger partial charge in [-0.3, -0.25) is 9.35 Å². The Kier molecular flexibility index (Phi) is 7.81. The number of nitrogens with zero attached hydrogens (tertiary/aromatic N) is 1. The van der Waals surface area contributed by atoms with Crippen molar-refractivity contribution in [3.05, 3.63) is 29.8 Å². The van der Waals surface area contributed by atoms with Gasteiger partial charge in [0.2, 0.25) is 5.69 Å². The molecule has 0 unspecified atom stereocenters. The SMILES string of the molecule is Br.CC1=[N+](CCCCCC(=O)O)c2ccc3c(S(=O)(=O)[O-])cc(S(=O)(=O)O)cc3c2C1(C)C. The number of carboxylic acid groups (broad SMARTS) is 1. The van der Waals surface area contributed by atoms with Gasteiger partial charge in [0.05, 0.1) is 15.2 Å². The van der Waals surface area contributed by atoms with Crippen molar-refractivity contribution in [3.63, 3.8) is 0 Å². The van der Waals surface area contributed by atoms with Gasteiger partial charge in [0.1, 0.15) is 16.7 Å². The minimum atomic E-state index is -5.02. The minimum Gasteiger partial charge on any atom is -0.744 e. The molecule has 12 heteroatoms. The Hall–Kier alpha value is -1.86. The first-order chi connectivity index (χ1) is 14.7. The van der Waals surface area contributed by atoms with Crippen LogP contribution >= 0.6 is 17.0 Å². The number of unbranched alkanes of at least 4 members (excludes halogenated alkanes) is 2. The Labute approximate surface area is 203 Å². The molecule has 0 atom stereocenters. The first-order valence-electron chi connectivity index (χ1n) is 10.0. The van der Waals surface area contributed by atoms with Gasteiger partial charge in [0.25, 0.3) is 10.1 Å². The summed E-state index contributed by atoms with van der Waals surface area (Å²) >= 11 is 0. The van der Waals surface area contributed by atoms with Gasteiger partial charge in [0.15, 0.2) is 5.71 Å². The van der Waals surface area contributed by atoms with Gasteiger partial charge in [-0.25, -0.2) is 8.42 Å². The van der Waals surface area contributed by atoms with Gasteiger partial charge in [-0.1, -0.05) is 0 Å². The van der Waals surface area contributed by atoms with Crippen LogP contribution in [-0.4, -0.2) is 53.8 Å². The highest BCUT2D eigenvalue weighted by molar-refractivity contribution is 8.93. The number of hydrogen-bond donors (Lipinski definition) is 2. The van der Waals surface area contributed by atoms with Gasteiger partial charge in [-0.05, 0) is 50.3 Å². The standard InChI is InChI=1S/C21H25NO8S2.BrH/c1-13-21(2,3)20-16-11-14(31(25,26)27)12-18(32(28,29)30)15(16)8-9-17(20)22(13)10-6-4-5-7-19(23)24;/h8-9,11-12H,4-7,10H2,1-3H3,(H2-,23,24,25,26,27,28,29,30);1H. The Bertz CT molecular complexity index is 1360. The largest absolute Gasteiger partial charge is 0.744 e. The van der Waals surface area contributed by atoms with Crippen molar-refractivity contribution in [3.8, 4) is 0 Å². The minimum absolute atomic E-state index is 0. The van der Waals surface area contributed by atoms with Crippen LogP contribution in [-0.2, 0) is 30.4 Å². The van der Waals surface area contributed by atoms with Gasteiger partial charge in [-0.2, -0.15) is 13.0 Å². The van der Waals surface area contributed by atoms with E-state index in [-0.39, 0.29) is 34.2 Å². The van der Waals surface area contributed by atoms with Crippen LogP contribution in [0.15, 0.2) is 34.1 Å². The van der Waals surface area contributed by atoms with E-state index in [0.717, 1.165) is 17.8 Å². The van der Waals surface area contributed by atoms with Crippen molar-refractivity contribution >= 4 is 65.4 Å². The molecule has 9 nitrogen and oxygen atoms in total. The van der Waals surface area contributed by atoms with E-state index < -0.39 is 41.4 Å². The maximum atomic E-state index is 11.9. The van der Waals surface area contributed by atoms with Gasteiger partial charge in [-0.15, -0.1) is 17.0 Å². The molecule has 0 aliphatic carbocycles. The van der Waals surface area contributed by atoms with Crippen LogP contribution in [0, 0.1) is 0 Å². The zero-order valence-electron chi connectivity index (χ0n) is 18.4. The van der Waals surface area contributed by atoms with E-state index in [9.17, 15) is 30.7 Å². The zero-order chi connectivity index (χ0) is 24.1. The quantitative estimate of drug-likeness (QED) is 0.280. The van der Waals surface area contributed by atoms with Crippen molar-refractivity contribution < 1.29 is 40.4 Å². The smallest absolute Gasteiger partial charge is 0.303 e. The van der Waals surface area contributed by atoms with Gasteiger partial charge >= 0.3 is 5.97 Å². The third-order valence-corrected chi connectivity index (χ3v) is 7.82. The molecular formula is C21H26BrNO8S2. The number of carbonyl (C=O) groups is 1. The summed E-state index contributed by atoms with van der Waals surface area (Å²) in [4.78, 5) is 9.34. The normalized spacial score (nSPS) is 15.4. The second-order valence-electron chi connectivity index (χ2n) is 8.47. The third-order valence-electron chi connectivity index (χ3n) is 6.11. The molecule has 2 aromatic rings. The molecule has 0 saturated carbocycles. The molecule has 182 valence electrons. The molecule has 1 heterocycles. The molecule has 2 aromatic carbocycles. The van der Waals surface area contributed by atoms with E-state index in [0.29, 0.717) is 31.0 Å². The fourth-order valence-electron chi connectivity index (χ4n) is 4.31. The molecule has 3 rings (SSSR count). The molecule has 0 amide bonds. The van der Waals surface area contributed by atoms with E-state index >= 15 is 0 Å². The lowest BCUT2D eigenvalue weighted by Crippen LogP contribution is -2.27. The summed E-state index contributed by atoms with van der Waals surface area (Å²) in [5.74, 6) is -0.842. The number of rotatable bonds is 8. The molecule has 0 aromatic heterocycles. The van der Waals surface area contributed by atoms with E-state index in [1.165, 1.54) is 12.1 Å². The summed E-state index contributed by atoms with van der Waals surface area (Å²) in [7, 11) is -9.77. The van der Waals surface area contributed by atoms with E-state index in [1.54, 1.807) is 6.07 Å². The third kappa shape index (κ3) is 5.29. The number of fused-ring (bicyclic) bond motifs is 3. The lowest BCUT2D eigenvalue weighted by molar-refractivity contribution is -0.439. The molecule has 1 aliphatic rings. The number of halogens is 1. The fourth-order valence-corrected chi connectivity index (χ4v) is 5.64. The number of benzene rings is 2. The lowest BCUT2D eigenvalue weighted by atomic mass is 9.80. The predicted octanol–water partition coefficient (Wildman–Crippen LogP) is 3.61. The molecule has 33 heavy (non-hydrogen) atoms. The average molecular weight is 564 g/mol. The molecule has 0 spiro atoms. The zero-order valence-corrected chi connectivity index (χ0v) is 21.7. The highest BCUT2D eigenvalue weighted by Crippen LogP contribution is 2.45. The number of carboxylic acids is 1. The Morgan fingerprint density at radius 2 is 1.70 bits per heavy atom. The maximum Gasteiger partial charge on any atom is 0.303 e. The summed E-state index contributed by atoms with van der Waals surface area (Å²) in [5, 5.41) is 9.15. The summed E-state index contributed by atoms with van der Waals surface area (Å²) in [6, 6.07) is 5.06. The Morgan fingerprint density at radius 1 is 1.06 bits per heavy atom. The Morgan fingerprint density at radius 3 is 2.24 bits per heavy atom. The highest BCUT2D eigenvalue weighted by atomic mass is 79.9. The predicted molar refractivity (Wildman–Crippen MR) is 127 cm³/mol. The second-order valence-corrected chi connectivity index (χ2v) is 11.2.